The molecule has 0 fully saturated rings. The Hall–Kier alpha value is -0.650. The molecule has 1 atom stereocenters. The lowest BCUT2D eigenvalue weighted by molar-refractivity contribution is -0.122. The predicted octanol–water partition coefficient (Wildman–Crippen LogP) is -0.727. The van der Waals surface area contributed by atoms with Crippen LogP contribution in [0.15, 0.2) is 0 Å². The van der Waals surface area contributed by atoms with Crippen LogP contribution in [-0.2, 0) is 9.53 Å². The number of hydrogen-bond acceptors (Lipinski definition) is 4. The van der Waals surface area contributed by atoms with Gasteiger partial charge in [0.2, 0.25) is 5.91 Å². The first kappa shape index (κ1) is 13.4. The lowest BCUT2D eigenvalue weighted by Gasteiger charge is -2.08. The number of rotatable bonds is 8. The van der Waals surface area contributed by atoms with Gasteiger partial charge in [-0.25, -0.2) is 0 Å². The summed E-state index contributed by atoms with van der Waals surface area (Å²) in [5, 5.41) is 19.9. The minimum Gasteiger partial charge on any atom is -0.394 e. The summed E-state index contributed by atoms with van der Waals surface area (Å²) >= 11 is 0. The summed E-state index contributed by atoms with van der Waals surface area (Å²) in [6.45, 7) is 2.90. The summed E-state index contributed by atoms with van der Waals surface area (Å²) in [6.07, 6.45) is 0.193. The molecular weight excluding hydrogens is 186 g/mol. The van der Waals surface area contributed by atoms with Crippen molar-refractivity contribution in [2.24, 2.45) is 0 Å². The van der Waals surface area contributed by atoms with Gasteiger partial charge >= 0.3 is 0 Å². The van der Waals surface area contributed by atoms with Crippen molar-refractivity contribution < 1.29 is 19.7 Å². The number of amides is 1. The van der Waals surface area contributed by atoms with E-state index in [1.165, 1.54) is 0 Å². The van der Waals surface area contributed by atoms with E-state index in [1.807, 2.05) is 6.92 Å². The quantitative estimate of drug-likeness (QED) is 0.457. The highest BCUT2D eigenvalue weighted by Gasteiger charge is 2.04. The topological polar surface area (TPSA) is 78.8 Å². The van der Waals surface area contributed by atoms with E-state index in [0.29, 0.717) is 26.1 Å². The van der Waals surface area contributed by atoms with E-state index in [4.69, 9.17) is 14.9 Å². The Morgan fingerprint density at radius 3 is 2.86 bits per heavy atom. The maximum atomic E-state index is 11.1. The standard InChI is InChI=1S/C9H19NO4/c1-2-14-5-3-4-9(13)10-6-8(12)7-11/h8,11-12H,2-7H2,1H3,(H,10,13). The Labute approximate surface area is 84.1 Å². The number of hydrogen-bond donors (Lipinski definition) is 3. The van der Waals surface area contributed by atoms with E-state index in [9.17, 15) is 4.79 Å². The second-order valence-corrected chi connectivity index (χ2v) is 2.94. The minimum absolute atomic E-state index is 0.101. The van der Waals surface area contributed by atoms with Crippen molar-refractivity contribution in [2.75, 3.05) is 26.4 Å². The van der Waals surface area contributed by atoms with E-state index in [-0.39, 0.29) is 19.1 Å². The first-order valence-electron chi connectivity index (χ1n) is 4.84. The molecule has 0 aliphatic rings. The van der Waals surface area contributed by atoms with Gasteiger partial charge in [0.1, 0.15) is 0 Å². The van der Waals surface area contributed by atoms with Gasteiger partial charge < -0.3 is 20.3 Å². The molecule has 1 unspecified atom stereocenters. The van der Waals surface area contributed by atoms with E-state index in [2.05, 4.69) is 5.32 Å². The van der Waals surface area contributed by atoms with Crippen LogP contribution in [0.5, 0.6) is 0 Å². The summed E-state index contributed by atoms with van der Waals surface area (Å²) in [4.78, 5) is 11.1. The van der Waals surface area contributed by atoms with Gasteiger partial charge in [0.05, 0.1) is 12.7 Å². The van der Waals surface area contributed by atoms with Crippen LogP contribution in [0, 0.1) is 0 Å². The van der Waals surface area contributed by atoms with E-state index in [0.717, 1.165) is 0 Å². The Kier molecular flexibility index (Phi) is 8.51. The molecular formula is C9H19NO4. The first-order chi connectivity index (χ1) is 6.70. The average Bonchev–Trinajstić information content (AvgIpc) is 2.21. The molecule has 0 aliphatic carbocycles. The molecule has 0 aromatic carbocycles. The molecule has 5 nitrogen and oxygen atoms in total. The number of aliphatic hydroxyl groups is 2. The Morgan fingerprint density at radius 1 is 1.57 bits per heavy atom. The minimum atomic E-state index is -0.870. The zero-order valence-corrected chi connectivity index (χ0v) is 8.53. The largest absolute Gasteiger partial charge is 0.394 e. The predicted molar refractivity (Wildman–Crippen MR) is 51.8 cm³/mol. The van der Waals surface area contributed by atoms with Crippen LogP contribution in [0.1, 0.15) is 19.8 Å². The molecule has 0 bridgehead atoms. The Bertz CT molecular complexity index is 152. The summed E-state index contributed by atoms with van der Waals surface area (Å²) in [5.41, 5.74) is 0. The number of nitrogens with one attached hydrogen (secondary N) is 1. The average molecular weight is 205 g/mol. The van der Waals surface area contributed by atoms with Crippen molar-refractivity contribution in [2.45, 2.75) is 25.9 Å². The van der Waals surface area contributed by atoms with Gasteiger partial charge in [-0.1, -0.05) is 0 Å². The van der Waals surface area contributed by atoms with E-state index >= 15 is 0 Å². The lowest BCUT2D eigenvalue weighted by Crippen LogP contribution is -2.33. The maximum Gasteiger partial charge on any atom is 0.220 e. The molecule has 1 amide bonds. The molecule has 0 radical (unpaired) electrons. The number of carbonyl (C=O) groups excluding carboxylic acids is 1. The van der Waals surface area contributed by atoms with Crippen LogP contribution in [0.25, 0.3) is 0 Å². The zero-order chi connectivity index (χ0) is 10.8. The highest BCUT2D eigenvalue weighted by atomic mass is 16.5. The van der Waals surface area contributed by atoms with E-state index in [1.54, 1.807) is 0 Å². The molecule has 3 N–H and O–H groups in total. The van der Waals surface area contributed by atoms with Crippen molar-refractivity contribution in [1.29, 1.82) is 0 Å². The van der Waals surface area contributed by atoms with E-state index < -0.39 is 6.10 Å². The highest BCUT2D eigenvalue weighted by Crippen LogP contribution is 1.90. The van der Waals surface area contributed by atoms with Crippen molar-refractivity contribution >= 4 is 5.91 Å². The normalized spacial score (nSPS) is 12.5. The van der Waals surface area contributed by atoms with Gasteiger partial charge in [0, 0.05) is 26.2 Å². The summed E-state index contributed by atoms with van der Waals surface area (Å²) in [7, 11) is 0. The summed E-state index contributed by atoms with van der Waals surface area (Å²) in [5.74, 6) is -0.128. The summed E-state index contributed by atoms with van der Waals surface area (Å²) in [6, 6.07) is 0. The highest BCUT2D eigenvalue weighted by molar-refractivity contribution is 5.75. The third-order valence-corrected chi connectivity index (χ3v) is 1.64. The SMILES string of the molecule is CCOCCCC(=O)NCC(O)CO. The third kappa shape index (κ3) is 7.97. The number of ether oxygens (including phenoxy) is 1. The van der Waals surface area contributed by atoms with Crippen LogP contribution in [0.2, 0.25) is 0 Å². The molecule has 0 aliphatic heterocycles. The molecule has 0 aromatic rings. The van der Waals surface area contributed by atoms with Gasteiger partial charge in [-0.15, -0.1) is 0 Å². The molecule has 14 heavy (non-hydrogen) atoms. The second-order valence-electron chi connectivity index (χ2n) is 2.94. The molecule has 5 heteroatoms. The zero-order valence-electron chi connectivity index (χ0n) is 8.53. The van der Waals surface area contributed by atoms with Crippen LogP contribution < -0.4 is 5.32 Å². The van der Waals surface area contributed by atoms with Gasteiger partial charge in [-0.3, -0.25) is 4.79 Å². The summed E-state index contributed by atoms with van der Waals surface area (Å²) < 4.78 is 5.06. The van der Waals surface area contributed by atoms with Gasteiger partial charge in [0.25, 0.3) is 0 Å². The fourth-order valence-electron chi connectivity index (χ4n) is 0.864. The van der Waals surface area contributed by atoms with Gasteiger partial charge in [-0.2, -0.15) is 0 Å². The second kappa shape index (κ2) is 8.93. The molecule has 0 spiro atoms. The molecule has 84 valence electrons. The van der Waals surface area contributed by atoms with Crippen LogP contribution in [-0.4, -0.2) is 48.6 Å². The number of carbonyl (C=O) groups is 1. The Morgan fingerprint density at radius 2 is 2.29 bits per heavy atom. The monoisotopic (exact) mass is 205 g/mol. The first-order valence-corrected chi connectivity index (χ1v) is 4.84. The molecule has 0 saturated carbocycles. The lowest BCUT2D eigenvalue weighted by atomic mass is 10.3. The van der Waals surface area contributed by atoms with Crippen molar-refractivity contribution in [3.05, 3.63) is 0 Å². The van der Waals surface area contributed by atoms with Crippen molar-refractivity contribution in [3.8, 4) is 0 Å². The van der Waals surface area contributed by atoms with Crippen LogP contribution >= 0.6 is 0 Å². The number of aliphatic hydroxyl groups excluding tert-OH is 2. The smallest absolute Gasteiger partial charge is 0.220 e. The third-order valence-electron chi connectivity index (χ3n) is 1.64. The molecule has 0 heterocycles. The maximum absolute atomic E-state index is 11.1. The van der Waals surface area contributed by atoms with Crippen molar-refractivity contribution in [1.82, 2.24) is 5.32 Å². The molecule has 0 saturated heterocycles. The fraction of sp³-hybridized carbons (Fsp3) is 0.889. The van der Waals surface area contributed by atoms with Crippen LogP contribution in [0.4, 0.5) is 0 Å². The molecule has 0 aromatic heterocycles. The van der Waals surface area contributed by atoms with Crippen LogP contribution in [0.3, 0.4) is 0 Å². The molecule has 0 rings (SSSR count). The Balaban J connectivity index is 3.28. The van der Waals surface area contributed by atoms with Gasteiger partial charge in [0.15, 0.2) is 0 Å². The van der Waals surface area contributed by atoms with Crippen molar-refractivity contribution in [3.63, 3.8) is 0 Å². The van der Waals surface area contributed by atoms with Gasteiger partial charge in [-0.05, 0) is 13.3 Å². The fourth-order valence-corrected chi connectivity index (χ4v) is 0.864.